The van der Waals surface area contributed by atoms with Crippen LogP contribution in [0.2, 0.25) is 5.02 Å². The third kappa shape index (κ3) is 5.30. The van der Waals surface area contributed by atoms with Crippen molar-refractivity contribution in [2.45, 2.75) is 25.2 Å². The Morgan fingerprint density at radius 2 is 1.95 bits per heavy atom. The van der Waals surface area contributed by atoms with Crippen LogP contribution in [-0.4, -0.2) is 27.5 Å². The van der Waals surface area contributed by atoms with Crippen LogP contribution in [0, 0.1) is 0 Å². The molecule has 19 heavy (non-hydrogen) atoms. The summed E-state index contributed by atoms with van der Waals surface area (Å²) in [4.78, 5) is 29.4. The van der Waals surface area contributed by atoms with Crippen molar-refractivity contribution in [3.63, 3.8) is 0 Å². The van der Waals surface area contributed by atoms with E-state index in [9.17, 15) is 9.36 Å². The highest BCUT2D eigenvalue weighted by Gasteiger charge is 2.27. The van der Waals surface area contributed by atoms with Gasteiger partial charge in [0.1, 0.15) is 5.78 Å². The standard InChI is InChI=1S/C11H16ClN2O4P/c1-7(19(16,17)18)14-11(15)10(13)6-8-2-4-9(12)5-3-8/h2-5,7,10H,6,13H2,1H3,(H,14,15)(H2,16,17,18). The molecule has 1 aromatic rings. The zero-order valence-corrected chi connectivity index (χ0v) is 11.9. The Balaban J connectivity index is 2.58. The summed E-state index contributed by atoms with van der Waals surface area (Å²) < 4.78 is 10.9. The molecule has 0 saturated carbocycles. The van der Waals surface area contributed by atoms with Crippen molar-refractivity contribution in [3.8, 4) is 0 Å². The summed E-state index contributed by atoms with van der Waals surface area (Å²) in [5.41, 5.74) is 6.50. The highest BCUT2D eigenvalue weighted by Crippen LogP contribution is 2.39. The Labute approximate surface area is 116 Å². The monoisotopic (exact) mass is 306 g/mol. The molecule has 5 N–H and O–H groups in total. The van der Waals surface area contributed by atoms with E-state index in [-0.39, 0.29) is 6.42 Å². The van der Waals surface area contributed by atoms with E-state index >= 15 is 0 Å². The molecule has 6 nitrogen and oxygen atoms in total. The van der Waals surface area contributed by atoms with Crippen LogP contribution >= 0.6 is 19.2 Å². The molecule has 1 rings (SSSR count). The minimum Gasteiger partial charge on any atom is -0.341 e. The van der Waals surface area contributed by atoms with E-state index in [1.54, 1.807) is 24.3 Å². The molecular formula is C11H16ClN2O4P. The van der Waals surface area contributed by atoms with E-state index in [0.29, 0.717) is 5.02 Å². The Kier molecular flexibility index (Phi) is 5.52. The van der Waals surface area contributed by atoms with Gasteiger partial charge in [0.2, 0.25) is 5.91 Å². The third-order valence-electron chi connectivity index (χ3n) is 2.56. The van der Waals surface area contributed by atoms with E-state index < -0.39 is 25.3 Å². The summed E-state index contributed by atoms with van der Waals surface area (Å²) >= 11 is 5.73. The Morgan fingerprint density at radius 1 is 1.42 bits per heavy atom. The number of amides is 1. The second-order valence-electron chi connectivity index (χ2n) is 4.21. The van der Waals surface area contributed by atoms with Gasteiger partial charge in [0.05, 0.1) is 6.04 Å². The maximum Gasteiger partial charge on any atom is 0.347 e. The van der Waals surface area contributed by atoms with Gasteiger partial charge in [-0.3, -0.25) is 9.36 Å². The summed E-state index contributed by atoms with van der Waals surface area (Å²) in [6.45, 7) is 1.23. The first-order valence-corrected chi connectivity index (χ1v) is 7.61. The van der Waals surface area contributed by atoms with Crippen molar-refractivity contribution in [3.05, 3.63) is 34.9 Å². The predicted octanol–water partition coefficient (Wildman–Crippen LogP) is 0.850. The fourth-order valence-electron chi connectivity index (χ4n) is 1.36. The molecule has 0 heterocycles. The van der Waals surface area contributed by atoms with Gasteiger partial charge < -0.3 is 20.8 Å². The van der Waals surface area contributed by atoms with Crippen molar-refractivity contribution in [2.24, 2.45) is 5.73 Å². The SMILES string of the molecule is CC(NC(=O)C(N)Cc1ccc(Cl)cc1)P(=O)(O)O. The normalized spacial score (nSPS) is 14.8. The van der Waals surface area contributed by atoms with Gasteiger partial charge >= 0.3 is 7.60 Å². The molecule has 0 aliphatic rings. The van der Waals surface area contributed by atoms with Gasteiger partial charge in [-0.05, 0) is 31.0 Å². The summed E-state index contributed by atoms with van der Waals surface area (Å²) in [6.07, 6.45) is 0.261. The quantitative estimate of drug-likeness (QED) is 0.602. The van der Waals surface area contributed by atoms with Gasteiger partial charge in [0.25, 0.3) is 0 Å². The van der Waals surface area contributed by atoms with Crippen LogP contribution in [0.15, 0.2) is 24.3 Å². The lowest BCUT2D eigenvalue weighted by Gasteiger charge is -2.18. The highest BCUT2D eigenvalue weighted by atomic mass is 35.5. The lowest BCUT2D eigenvalue weighted by Crippen LogP contribution is -2.45. The molecule has 0 bridgehead atoms. The second-order valence-corrected chi connectivity index (χ2v) is 6.60. The molecule has 1 amide bonds. The van der Waals surface area contributed by atoms with Gasteiger partial charge in [-0.15, -0.1) is 0 Å². The van der Waals surface area contributed by atoms with Crippen molar-refractivity contribution in [1.82, 2.24) is 5.32 Å². The summed E-state index contributed by atoms with van der Waals surface area (Å²) in [5, 5.41) is 2.78. The van der Waals surface area contributed by atoms with E-state index in [2.05, 4.69) is 5.32 Å². The number of hydrogen-bond donors (Lipinski definition) is 4. The molecule has 0 fully saturated rings. The molecule has 8 heteroatoms. The number of benzene rings is 1. The molecule has 0 aromatic heterocycles. The average molecular weight is 307 g/mol. The molecule has 2 atom stereocenters. The smallest absolute Gasteiger partial charge is 0.341 e. The van der Waals surface area contributed by atoms with Crippen LogP contribution in [-0.2, 0) is 15.8 Å². The van der Waals surface area contributed by atoms with E-state index in [1.165, 1.54) is 6.92 Å². The molecule has 1 aromatic carbocycles. The lowest BCUT2D eigenvalue weighted by molar-refractivity contribution is -0.122. The van der Waals surface area contributed by atoms with Crippen LogP contribution < -0.4 is 11.1 Å². The third-order valence-corrected chi connectivity index (χ3v) is 3.95. The van der Waals surface area contributed by atoms with Crippen molar-refractivity contribution in [1.29, 1.82) is 0 Å². The fourth-order valence-corrected chi connectivity index (χ4v) is 1.79. The predicted molar refractivity (Wildman–Crippen MR) is 72.8 cm³/mol. The second kappa shape index (κ2) is 6.50. The molecule has 0 saturated heterocycles. The van der Waals surface area contributed by atoms with E-state index in [4.69, 9.17) is 27.1 Å². The first kappa shape index (κ1) is 16.1. The minimum absolute atomic E-state index is 0.261. The summed E-state index contributed by atoms with van der Waals surface area (Å²) in [7, 11) is -4.34. The number of rotatable bonds is 5. The van der Waals surface area contributed by atoms with Crippen LogP contribution in [0.3, 0.4) is 0 Å². The molecular weight excluding hydrogens is 291 g/mol. The van der Waals surface area contributed by atoms with Gasteiger partial charge in [-0.2, -0.15) is 0 Å². The summed E-state index contributed by atoms with van der Waals surface area (Å²) in [5.74, 6) is -1.86. The maximum absolute atomic E-state index is 11.7. The highest BCUT2D eigenvalue weighted by molar-refractivity contribution is 7.52. The zero-order chi connectivity index (χ0) is 14.6. The molecule has 0 spiro atoms. The van der Waals surface area contributed by atoms with E-state index in [0.717, 1.165) is 5.56 Å². The molecule has 0 radical (unpaired) electrons. The Bertz CT molecular complexity index is 488. The zero-order valence-electron chi connectivity index (χ0n) is 10.3. The minimum atomic E-state index is -4.34. The van der Waals surface area contributed by atoms with Crippen LogP contribution in [0.25, 0.3) is 0 Å². The fraction of sp³-hybridized carbons (Fsp3) is 0.364. The van der Waals surface area contributed by atoms with Gasteiger partial charge in [0.15, 0.2) is 0 Å². The number of nitrogens with two attached hydrogens (primary N) is 1. The van der Waals surface area contributed by atoms with Crippen LogP contribution in [0.4, 0.5) is 0 Å². The molecule has 106 valence electrons. The first-order valence-electron chi connectivity index (χ1n) is 5.56. The van der Waals surface area contributed by atoms with Gasteiger partial charge in [0, 0.05) is 5.02 Å². The number of hydrogen-bond acceptors (Lipinski definition) is 3. The van der Waals surface area contributed by atoms with Crippen molar-refractivity contribution in [2.75, 3.05) is 0 Å². The topological polar surface area (TPSA) is 113 Å². The largest absolute Gasteiger partial charge is 0.347 e. The molecule has 0 aliphatic heterocycles. The lowest BCUT2D eigenvalue weighted by atomic mass is 10.1. The van der Waals surface area contributed by atoms with Crippen molar-refractivity contribution < 1.29 is 19.1 Å². The van der Waals surface area contributed by atoms with Crippen molar-refractivity contribution >= 4 is 25.1 Å². The molecule has 0 aliphatic carbocycles. The maximum atomic E-state index is 11.7. The van der Waals surface area contributed by atoms with Crippen LogP contribution in [0.1, 0.15) is 12.5 Å². The summed E-state index contributed by atoms with van der Waals surface area (Å²) in [6, 6.07) is 5.96. The molecule has 2 unspecified atom stereocenters. The average Bonchev–Trinajstić information content (AvgIpc) is 2.30. The van der Waals surface area contributed by atoms with Gasteiger partial charge in [-0.1, -0.05) is 23.7 Å². The Morgan fingerprint density at radius 3 is 2.42 bits per heavy atom. The Hall–Kier alpha value is -0.910. The first-order chi connectivity index (χ1) is 8.70. The number of nitrogens with one attached hydrogen (secondary N) is 1. The van der Waals surface area contributed by atoms with Crippen LogP contribution in [0.5, 0.6) is 0 Å². The van der Waals surface area contributed by atoms with E-state index in [1.807, 2.05) is 0 Å². The number of carbonyl (C=O) groups is 1. The number of carbonyl (C=O) groups excluding carboxylic acids is 1. The number of halogens is 1. The van der Waals surface area contributed by atoms with Gasteiger partial charge in [-0.25, -0.2) is 0 Å².